The van der Waals surface area contributed by atoms with Crippen molar-refractivity contribution >= 4 is 12.4 Å². The lowest BCUT2D eigenvalue weighted by Crippen LogP contribution is -1.85. The van der Waals surface area contributed by atoms with Crippen molar-refractivity contribution in [2.45, 2.75) is 6.92 Å². The second kappa shape index (κ2) is 6.84. The van der Waals surface area contributed by atoms with Crippen LogP contribution >= 0.6 is 0 Å². The summed E-state index contributed by atoms with van der Waals surface area (Å²) >= 11 is 0. The lowest BCUT2D eigenvalue weighted by Gasteiger charge is -1.90. The molecule has 4 nitrogen and oxygen atoms in total. The molecule has 1 aromatic rings. The summed E-state index contributed by atoms with van der Waals surface area (Å²) in [6.07, 6.45) is 0. The van der Waals surface area contributed by atoms with Gasteiger partial charge in [-0.2, -0.15) is 0 Å². The number of hydrogen-bond donors (Lipinski definition) is 0. The van der Waals surface area contributed by atoms with Gasteiger partial charge >= 0.3 is 12.4 Å². The summed E-state index contributed by atoms with van der Waals surface area (Å²) in [6.45, 7) is 2.31. The molecule has 0 fully saturated rings. The molecule has 0 atom stereocenters. The minimum Gasteiger partial charge on any atom is -0.418 e. The van der Waals surface area contributed by atoms with E-state index >= 15 is 0 Å². The molecule has 0 N–H and O–H groups in total. The Morgan fingerprint density at radius 3 is 2.15 bits per heavy atom. The zero-order valence-electron chi connectivity index (χ0n) is 7.02. The van der Waals surface area contributed by atoms with E-state index in [2.05, 4.69) is 4.74 Å². The minimum atomic E-state index is -1.08. The highest BCUT2D eigenvalue weighted by molar-refractivity contribution is 5.62. The van der Waals surface area contributed by atoms with Crippen molar-refractivity contribution in [3.63, 3.8) is 0 Å². The van der Waals surface area contributed by atoms with Gasteiger partial charge < -0.3 is 4.74 Å². The summed E-state index contributed by atoms with van der Waals surface area (Å²) in [5, 5.41) is 8.89. The molecule has 0 aliphatic carbocycles. The van der Waals surface area contributed by atoms with E-state index in [0.29, 0.717) is 5.75 Å². The van der Waals surface area contributed by atoms with Gasteiger partial charge in [-0.3, -0.25) is 0 Å². The molecule has 0 saturated heterocycles. The number of carbonyl (C=O) groups excluding carboxylic acids is 2. The Labute approximate surface area is 75.8 Å². The smallest absolute Gasteiger partial charge is 0.418 e. The largest absolute Gasteiger partial charge is 0.423 e. The average Bonchev–Trinajstić information content (AvgIpc) is 2.06. The van der Waals surface area contributed by atoms with Crippen molar-refractivity contribution in [2.24, 2.45) is 0 Å². The fourth-order valence-electron chi connectivity index (χ4n) is 0.537. The molecule has 0 saturated carbocycles. The number of rotatable bonds is 2. The molecular weight excluding hydrogens is 172 g/mol. The van der Waals surface area contributed by atoms with Gasteiger partial charge in [0.25, 0.3) is 0 Å². The van der Waals surface area contributed by atoms with Crippen LogP contribution in [0.15, 0.2) is 30.3 Å². The molecule has 0 heterocycles. The molecule has 0 amide bonds. The molecule has 0 aromatic heterocycles. The van der Waals surface area contributed by atoms with Crippen molar-refractivity contribution in [1.29, 1.82) is 0 Å². The lowest BCUT2D eigenvalue weighted by atomic mass is 10.3. The van der Waals surface area contributed by atoms with E-state index in [-0.39, 0.29) is 0 Å². The zero-order valence-corrected chi connectivity index (χ0v) is 7.02. The lowest BCUT2D eigenvalue weighted by molar-refractivity contribution is -0.140. The maximum atomic E-state index is 9.63. The van der Waals surface area contributed by atoms with E-state index in [1.807, 2.05) is 6.07 Å². The molecule has 0 aliphatic rings. The van der Waals surface area contributed by atoms with Crippen molar-refractivity contribution in [1.82, 2.24) is 0 Å². The minimum absolute atomic E-state index is 0.521. The second-order valence-corrected chi connectivity index (χ2v) is 1.99. The number of para-hydroxylation sites is 1. The molecule has 1 rings (SSSR count). The first kappa shape index (κ1) is 11.2. The van der Waals surface area contributed by atoms with E-state index in [1.165, 1.54) is 6.47 Å². The van der Waals surface area contributed by atoms with Crippen LogP contribution in [0.2, 0.25) is 0 Å². The van der Waals surface area contributed by atoms with Gasteiger partial charge in [-0.25, -0.2) is 14.7 Å². The summed E-state index contributed by atoms with van der Waals surface area (Å²) in [5.41, 5.74) is 0. The zero-order chi connectivity index (χ0) is 10.1. The van der Waals surface area contributed by atoms with Crippen molar-refractivity contribution in [3.8, 4) is 5.75 Å². The first-order valence-corrected chi connectivity index (χ1v) is 3.43. The van der Waals surface area contributed by atoms with Gasteiger partial charge in [0, 0.05) is 6.92 Å². The van der Waals surface area contributed by atoms with E-state index in [9.17, 15) is 4.79 Å². The third-order valence-corrected chi connectivity index (χ3v) is 0.903. The Bertz CT molecular complexity index is 252. The first-order chi connectivity index (χ1) is 6.16. The molecule has 1 aromatic carbocycles. The highest BCUT2D eigenvalue weighted by Gasteiger charge is 1.85. The highest BCUT2D eigenvalue weighted by atomic mass is 16.5. The van der Waals surface area contributed by atoms with Crippen LogP contribution in [-0.2, 0) is 14.7 Å². The summed E-state index contributed by atoms with van der Waals surface area (Å²) in [4.78, 5) is 18.5. The Morgan fingerprint density at radius 1 is 1.31 bits per heavy atom. The molecule has 2 radical (unpaired) electrons. The van der Waals surface area contributed by atoms with Gasteiger partial charge in [0.15, 0.2) is 0 Å². The van der Waals surface area contributed by atoms with E-state index < -0.39 is 5.97 Å². The van der Waals surface area contributed by atoms with Gasteiger partial charge in [0.1, 0.15) is 5.75 Å². The van der Waals surface area contributed by atoms with Crippen LogP contribution in [0.4, 0.5) is 0 Å². The molecule has 0 unspecified atom stereocenters. The normalized spacial score (nSPS) is 7.77. The topological polar surface area (TPSA) is 63.3 Å². The Kier molecular flexibility index (Phi) is 5.88. The summed E-state index contributed by atoms with van der Waals surface area (Å²) in [5.74, 6) is -0.562. The first-order valence-electron chi connectivity index (χ1n) is 3.43. The van der Waals surface area contributed by atoms with Crippen LogP contribution in [0.25, 0.3) is 0 Å². The van der Waals surface area contributed by atoms with Crippen LogP contribution in [0, 0.1) is 0 Å². The Balaban J connectivity index is 0.000000310. The quantitative estimate of drug-likeness (QED) is 0.684. The van der Waals surface area contributed by atoms with E-state index in [1.54, 1.807) is 24.3 Å². The summed E-state index contributed by atoms with van der Waals surface area (Å²) < 4.78 is 4.40. The fourth-order valence-corrected chi connectivity index (χ4v) is 0.537. The predicted molar refractivity (Wildman–Crippen MR) is 44.1 cm³/mol. The fraction of sp³-hybridized carbons (Fsp3) is 0.111. The summed E-state index contributed by atoms with van der Waals surface area (Å²) in [7, 11) is 0. The van der Waals surface area contributed by atoms with Crippen LogP contribution in [-0.4, -0.2) is 12.4 Å². The van der Waals surface area contributed by atoms with Crippen molar-refractivity contribution in [3.05, 3.63) is 30.3 Å². The van der Waals surface area contributed by atoms with Crippen molar-refractivity contribution in [2.75, 3.05) is 0 Å². The molecule has 0 spiro atoms. The van der Waals surface area contributed by atoms with Crippen molar-refractivity contribution < 1.29 is 19.4 Å². The maximum Gasteiger partial charge on any atom is 0.423 e. The monoisotopic (exact) mass is 180 g/mol. The third kappa shape index (κ3) is 8.06. The number of ether oxygens (including phenoxy) is 1. The van der Waals surface area contributed by atoms with Gasteiger partial charge in [-0.15, -0.1) is 0 Å². The average molecular weight is 180 g/mol. The highest BCUT2D eigenvalue weighted by Crippen LogP contribution is 2.05. The van der Waals surface area contributed by atoms with Crippen LogP contribution in [0.5, 0.6) is 5.75 Å². The number of carbonyl (C=O) groups is 1. The van der Waals surface area contributed by atoms with Gasteiger partial charge in [-0.05, 0) is 12.1 Å². The summed E-state index contributed by atoms with van der Waals surface area (Å²) in [6, 6.07) is 8.78. The molecule has 4 heteroatoms. The molecule has 0 aliphatic heterocycles. The molecule has 68 valence electrons. The Morgan fingerprint density at radius 2 is 1.77 bits per heavy atom. The predicted octanol–water partition coefficient (Wildman–Crippen LogP) is 1.10. The molecule has 0 bridgehead atoms. The van der Waals surface area contributed by atoms with E-state index in [4.69, 9.17) is 9.90 Å². The third-order valence-electron chi connectivity index (χ3n) is 0.903. The second-order valence-electron chi connectivity index (χ2n) is 1.99. The van der Waals surface area contributed by atoms with Gasteiger partial charge in [0.05, 0.1) is 0 Å². The van der Waals surface area contributed by atoms with Crippen LogP contribution in [0.1, 0.15) is 6.92 Å². The van der Waals surface area contributed by atoms with Gasteiger partial charge in [-0.1, -0.05) is 18.2 Å². The van der Waals surface area contributed by atoms with Crippen LogP contribution in [0.3, 0.4) is 0 Å². The van der Waals surface area contributed by atoms with Gasteiger partial charge in [0.2, 0.25) is 0 Å². The van der Waals surface area contributed by atoms with Crippen LogP contribution < -0.4 is 4.74 Å². The number of hydrogen-bond acceptors (Lipinski definition) is 3. The SMILES string of the molecule is CC([O])=O.O=[C]Oc1ccccc1. The Hall–Kier alpha value is -1.84. The van der Waals surface area contributed by atoms with E-state index in [0.717, 1.165) is 6.92 Å². The number of benzene rings is 1. The standard InChI is InChI=1S/C7H5O2.C2H3O2/c8-6-9-7-4-2-1-3-5-7;1-2(3)4/h1-5H;1H3. The molecular formula is C9H8O4. The maximum absolute atomic E-state index is 9.63. The molecule has 13 heavy (non-hydrogen) atoms.